The second-order valence-electron chi connectivity index (χ2n) is 8.43. The minimum absolute atomic E-state index is 0.0242. The van der Waals surface area contributed by atoms with Crippen molar-refractivity contribution in [1.29, 1.82) is 0 Å². The summed E-state index contributed by atoms with van der Waals surface area (Å²) in [5.41, 5.74) is 4.01. The van der Waals surface area contributed by atoms with Gasteiger partial charge in [0.2, 0.25) is 0 Å². The number of nitrogens with one attached hydrogen (secondary N) is 1. The number of carbonyl (C=O) groups is 1. The van der Waals surface area contributed by atoms with Crippen molar-refractivity contribution >= 4 is 23.5 Å². The lowest BCUT2D eigenvalue weighted by Gasteiger charge is -2.26. The SMILES string of the molecule is Cc1nc(SCc2cccc(C(=O)NCCN3CCOCC3)c2)nc(N2CCCC2)c1C. The molecule has 32 heavy (non-hydrogen) atoms. The number of anilines is 1. The Bertz CT molecular complexity index is 927. The summed E-state index contributed by atoms with van der Waals surface area (Å²) < 4.78 is 5.37. The molecule has 0 radical (unpaired) electrons. The number of aryl methyl sites for hydroxylation is 1. The molecule has 0 bridgehead atoms. The van der Waals surface area contributed by atoms with Gasteiger partial charge in [-0.3, -0.25) is 9.69 Å². The van der Waals surface area contributed by atoms with E-state index in [0.29, 0.717) is 12.1 Å². The van der Waals surface area contributed by atoms with Crippen LogP contribution in [0.1, 0.15) is 40.0 Å². The van der Waals surface area contributed by atoms with Crippen molar-refractivity contribution in [2.24, 2.45) is 0 Å². The van der Waals surface area contributed by atoms with Crippen LogP contribution in [-0.2, 0) is 10.5 Å². The first-order valence-corrected chi connectivity index (χ1v) is 12.5. The summed E-state index contributed by atoms with van der Waals surface area (Å²) in [7, 11) is 0. The minimum atomic E-state index is -0.0242. The molecule has 1 N–H and O–H groups in total. The molecule has 2 aliphatic rings. The van der Waals surface area contributed by atoms with Crippen LogP contribution in [0.2, 0.25) is 0 Å². The molecule has 1 aromatic carbocycles. The van der Waals surface area contributed by atoms with Crippen LogP contribution in [0.3, 0.4) is 0 Å². The standard InChI is InChI=1S/C24H33N5O2S/c1-18-19(2)26-24(27-22(18)29-9-3-4-10-29)32-17-20-6-5-7-21(16-20)23(30)25-8-11-28-12-14-31-15-13-28/h5-7,16H,3-4,8-15,17H2,1-2H3,(H,25,30). The van der Waals surface area contributed by atoms with Crippen LogP contribution in [0.15, 0.2) is 29.4 Å². The zero-order valence-electron chi connectivity index (χ0n) is 19.1. The van der Waals surface area contributed by atoms with Gasteiger partial charge in [0, 0.05) is 61.8 Å². The molecule has 2 fully saturated rings. The van der Waals surface area contributed by atoms with Crippen LogP contribution in [-0.4, -0.2) is 73.3 Å². The summed E-state index contributed by atoms with van der Waals surface area (Å²) in [5, 5.41) is 3.84. The Labute approximate surface area is 194 Å². The highest BCUT2D eigenvalue weighted by molar-refractivity contribution is 7.98. The summed E-state index contributed by atoms with van der Waals surface area (Å²) in [6, 6.07) is 7.85. The number of nitrogens with zero attached hydrogens (tertiary/aromatic N) is 4. The van der Waals surface area contributed by atoms with Gasteiger partial charge in [-0.25, -0.2) is 9.97 Å². The molecule has 3 heterocycles. The van der Waals surface area contributed by atoms with E-state index in [1.54, 1.807) is 11.8 Å². The van der Waals surface area contributed by atoms with E-state index in [2.05, 4.69) is 35.0 Å². The number of aromatic nitrogens is 2. The fourth-order valence-electron chi connectivity index (χ4n) is 4.09. The van der Waals surface area contributed by atoms with E-state index in [1.807, 2.05) is 18.2 Å². The van der Waals surface area contributed by atoms with E-state index in [-0.39, 0.29) is 5.91 Å². The maximum absolute atomic E-state index is 12.6. The maximum atomic E-state index is 12.6. The van der Waals surface area contributed by atoms with Crippen LogP contribution in [0.5, 0.6) is 0 Å². The lowest BCUT2D eigenvalue weighted by atomic mass is 10.1. The van der Waals surface area contributed by atoms with E-state index in [0.717, 1.165) is 73.9 Å². The second-order valence-corrected chi connectivity index (χ2v) is 9.38. The number of thioether (sulfide) groups is 1. The molecule has 2 saturated heterocycles. The number of amides is 1. The lowest BCUT2D eigenvalue weighted by molar-refractivity contribution is 0.0383. The molecule has 2 aromatic rings. The fourth-order valence-corrected chi connectivity index (χ4v) is 4.92. The second kappa shape index (κ2) is 11.1. The van der Waals surface area contributed by atoms with Gasteiger partial charge in [0.1, 0.15) is 5.82 Å². The summed E-state index contributed by atoms with van der Waals surface area (Å²) >= 11 is 1.63. The highest BCUT2D eigenvalue weighted by Crippen LogP contribution is 2.28. The molecule has 172 valence electrons. The predicted octanol–water partition coefficient (Wildman–Crippen LogP) is 3.05. The fraction of sp³-hybridized carbons (Fsp3) is 0.542. The van der Waals surface area contributed by atoms with Crippen LogP contribution in [0, 0.1) is 13.8 Å². The number of hydrogen-bond donors (Lipinski definition) is 1. The van der Waals surface area contributed by atoms with E-state index in [1.165, 1.54) is 18.4 Å². The Morgan fingerprint density at radius 3 is 2.69 bits per heavy atom. The summed E-state index contributed by atoms with van der Waals surface area (Å²) in [6.07, 6.45) is 2.46. The third kappa shape index (κ3) is 5.99. The van der Waals surface area contributed by atoms with Crippen molar-refractivity contribution in [3.05, 3.63) is 46.6 Å². The molecular weight excluding hydrogens is 422 g/mol. The van der Waals surface area contributed by atoms with Crippen LogP contribution < -0.4 is 10.2 Å². The number of morpholine rings is 1. The van der Waals surface area contributed by atoms with Crippen LogP contribution in [0.25, 0.3) is 0 Å². The zero-order valence-corrected chi connectivity index (χ0v) is 19.9. The van der Waals surface area contributed by atoms with Gasteiger partial charge in [0.15, 0.2) is 5.16 Å². The normalized spacial score (nSPS) is 17.0. The van der Waals surface area contributed by atoms with E-state index in [9.17, 15) is 4.79 Å². The number of ether oxygens (including phenoxy) is 1. The van der Waals surface area contributed by atoms with Crippen molar-refractivity contribution in [2.75, 3.05) is 57.4 Å². The quantitative estimate of drug-likeness (QED) is 0.485. The van der Waals surface area contributed by atoms with Gasteiger partial charge in [-0.15, -0.1) is 0 Å². The molecular formula is C24H33N5O2S. The summed E-state index contributed by atoms with van der Waals surface area (Å²) in [4.78, 5) is 26.8. The minimum Gasteiger partial charge on any atom is -0.379 e. The Morgan fingerprint density at radius 2 is 1.91 bits per heavy atom. The van der Waals surface area contributed by atoms with Gasteiger partial charge in [-0.1, -0.05) is 23.9 Å². The third-order valence-electron chi connectivity index (χ3n) is 6.12. The van der Waals surface area contributed by atoms with Gasteiger partial charge in [-0.05, 0) is 44.4 Å². The Balaban J connectivity index is 1.33. The highest BCUT2D eigenvalue weighted by atomic mass is 32.2. The largest absolute Gasteiger partial charge is 0.379 e. The predicted molar refractivity (Wildman–Crippen MR) is 129 cm³/mol. The van der Waals surface area contributed by atoms with Crippen molar-refractivity contribution in [3.63, 3.8) is 0 Å². The monoisotopic (exact) mass is 455 g/mol. The molecule has 0 spiro atoms. The molecule has 7 nitrogen and oxygen atoms in total. The zero-order chi connectivity index (χ0) is 22.3. The first-order chi connectivity index (χ1) is 15.6. The van der Waals surface area contributed by atoms with Gasteiger partial charge < -0.3 is 15.0 Å². The first-order valence-electron chi connectivity index (χ1n) is 11.5. The average Bonchev–Trinajstić information content (AvgIpc) is 3.35. The van der Waals surface area contributed by atoms with Crippen molar-refractivity contribution in [1.82, 2.24) is 20.2 Å². The van der Waals surface area contributed by atoms with E-state index in [4.69, 9.17) is 14.7 Å². The topological polar surface area (TPSA) is 70.6 Å². The van der Waals surface area contributed by atoms with E-state index < -0.39 is 0 Å². The Hall–Kier alpha value is -2.16. The van der Waals surface area contributed by atoms with Crippen molar-refractivity contribution in [2.45, 2.75) is 37.6 Å². The average molecular weight is 456 g/mol. The smallest absolute Gasteiger partial charge is 0.251 e. The van der Waals surface area contributed by atoms with Gasteiger partial charge >= 0.3 is 0 Å². The number of rotatable bonds is 8. The molecule has 0 unspecified atom stereocenters. The van der Waals surface area contributed by atoms with Crippen LogP contribution in [0.4, 0.5) is 5.82 Å². The van der Waals surface area contributed by atoms with Gasteiger partial charge in [-0.2, -0.15) is 0 Å². The first kappa shape index (κ1) is 23.0. The lowest BCUT2D eigenvalue weighted by Crippen LogP contribution is -2.41. The molecule has 0 saturated carbocycles. The maximum Gasteiger partial charge on any atom is 0.251 e. The van der Waals surface area contributed by atoms with Crippen molar-refractivity contribution in [3.8, 4) is 0 Å². The molecule has 0 atom stereocenters. The number of hydrogen-bond acceptors (Lipinski definition) is 7. The molecule has 8 heteroatoms. The van der Waals surface area contributed by atoms with Gasteiger partial charge in [0.05, 0.1) is 13.2 Å². The van der Waals surface area contributed by atoms with E-state index >= 15 is 0 Å². The Morgan fingerprint density at radius 1 is 1.12 bits per heavy atom. The molecule has 1 amide bonds. The Kier molecular flexibility index (Phi) is 8.00. The van der Waals surface area contributed by atoms with Crippen LogP contribution >= 0.6 is 11.8 Å². The van der Waals surface area contributed by atoms with Gasteiger partial charge in [0.25, 0.3) is 5.91 Å². The number of benzene rings is 1. The molecule has 1 aromatic heterocycles. The van der Waals surface area contributed by atoms with Crippen molar-refractivity contribution < 1.29 is 9.53 Å². The number of carbonyl (C=O) groups excluding carboxylic acids is 1. The molecule has 0 aliphatic carbocycles. The summed E-state index contributed by atoms with van der Waals surface area (Å²) in [6.45, 7) is 11.2. The molecule has 4 rings (SSSR count). The highest BCUT2D eigenvalue weighted by Gasteiger charge is 2.19. The third-order valence-corrected chi connectivity index (χ3v) is 7.04. The summed E-state index contributed by atoms with van der Waals surface area (Å²) in [5.74, 6) is 1.78. The molecule has 2 aliphatic heterocycles.